The van der Waals surface area contributed by atoms with E-state index in [4.69, 9.17) is 11.5 Å². The Bertz CT molecular complexity index is 645. The quantitative estimate of drug-likeness (QED) is 0.882. The van der Waals surface area contributed by atoms with Crippen LogP contribution < -0.4 is 21.3 Å². The minimum Gasteiger partial charge on any atom is -0.383 e. The van der Waals surface area contributed by atoms with Crippen molar-refractivity contribution >= 4 is 34.0 Å². The molecule has 0 spiro atoms. The Kier molecular flexibility index (Phi) is 3.17. The lowest BCUT2D eigenvalue weighted by Crippen LogP contribution is -2.20. The van der Waals surface area contributed by atoms with E-state index in [1.165, 1.54) is 25.7 Å². The van der Waals surface area contributed by atoms with Crippen molar-refractivity contribution in [2.75, 3.05) is 47.4 Å². The van der Waals surface area contributed by atoms with Gasteiger partial charge in [-0.05, 0) is 43.2 Å². The molecule has 4 heterocycles. The number of anilines is 4. The minimum atomic E-state index is 0.484. The molecule has 2 aliphatic heterocycles. The van der Waals surface area contributed by atoms with E-state index in [0.29, 0.717) is 11.6 Å². The van der Waals surface area contributed by atoms with Crippen LogP contribution >= 0.6 is 0 Å². The topological polar surface area (TPSA) is 84.3 Å². The van der Waals surface area contributed by atoms with Crippen LogP contribution in [-0.2, 0) is 0 Å². The smallest absolute Gasteiger partial charge is 0.137 e. The lowest BCUT2D eigenvalue weighted by molar-refractivity contribution is 0.937. The highest BCUT2D eigenvalue weighted by Gasteiger charge is 2.19. The Morgan fingerprint density at radius 3 is 1.55 bits per heavy atom. The third-order valence-corrected chi connectivity index (χ3v) is 4.70. The summed E-state index contributed by atoms with van der Waals surface area (Å²) in [5.74, 6) is 2.88. The molecule has 4 N–H and O–H groups in total. The highest BCUT2D eigenvalue weighted by atomic mass is 15.2. The molecule has 22 heavy (non-hydrogen) atoms. The summed E-state index contributed by atoms with van der Waals surface area (Å²) in [6.07, 6.45) is 4.88. The molecule has 116 valence electrons. The van der Waals surface area contributed by atoms with E-state index in [1.54, 1.807) is 0 Å². The van der Waals surface area contributed by atoms with E-state index < -0.39 is 0 Å². The Hall–Kier alpha value is -2.24. The second-order valence-electron chi connectivity index (χ2n) is 6.22. The van der Waals surface area contributed by atoms with Crippen LogP contribution in [0.15, 0.2) is 12.1 Å². The van der Waals surface area contributed by atoms with Gasteiger partial charge in [0, 0.05) is 26.2 Å². The number of nitrogens with zero attached hydrogens (tertiary/aromatic N) is 4. The van der Waals surface area contributed by atoms with Crippen molar-refractivity contribution in [1.29, 1.82) is 0 Å². The maximum absolute atomic E-state index is 6.16. The summed E-state index contributed by atoms with van der Waals surface area (Å²) in [7, 11) is 0. The molecule has 0 atom stereocenters. The fourth-order valence-electron chi connectivity index (χ4n) is 3.53. The van der Waals surface area contributed by atoms with E-state index in [0.717, 1.165) is 48.6 Å². The van der Waals surface area contributed by atoms with Crippen molar-refractivity contribution in [3.05, 3.63) is 12.1 Å². The molecule has 0 amide bonds. The first-order valence-electron chi connectivity index (χ1n) is 8.09. The summed E-state index contributed by atoms with van der Waals surface area (Å²) in [6.45, 7) is 4.21. The van der Waals surface area contributed by atoms with Gasteiger partial charge in [-0.3, -0.25) is 0 Å². The number of nitrogen functional groups attached to an aromatic ring is 2. The Balaban J connectivity index is 1.82. The number of fused-ring (bicyclic) bond motifs is 1. The first kappa shape index (κ1) is 13.4. The molecular weight excluding hydrogens is 276 g/mol. The van der Waals surface area contributed by atoms with Crippen molar-refractivity contribution in [3.63, 3.8) is 0 Å². The first-order valence-corrected chi connectivity index (χ1v) is 8.09. The van der Waals surface area contributed by atoms with Crippen LogP contribution in [0.4, 0.5) is 23.3 Å². The molecule has 0 saturated carbocycles. The second kappa shape index (κ2) is 5.19. The summed E-state index contributed by atoms with van der Waals surface area (Å²) in [5.41, 5.74) is 12.3. The Labute approximate surface area is 130 Å². The van der Waals surface area contributed by atoms with E-state index >= 15 is 0 Å². The van der Waals surface area contributed by atoms with Gasteiger partial charge in [-0.15, -0.1) is 0 Å². The number of aromatic nitrogens is 2. The SMILES string of the molecule is Nc1nc(N2CCCC2)cc2cc(N3CCCC3)nc(N)c12. The zero-order valence-corrected chi connectivity index (χ0v) is 12.8. The van der Waals surface area contributed by atoms with Crippen LogP contribution in [0.2, 0.25) is 0 Å². The van der Waals surface area contributed by atoms with Crippen LogP contribution in [-0.4, -0.2) is 36.1 Å². The molecule has 6 heteroatoms. The average molecular weight is 298 g/mol. The van der Waals surface area contributed by atoms with Crippen LogP contribution in [0.1, 0.15) is 25.7 Å². The van der Waals surface area contributed by atoms with Crippen LogP contribution in [0.3, 0.4) is 0 Å². The van der Waals surface area contributed by atoms with Gasteiger partial charge in [0.25, 0.3) is 0 Å². The lowest BCUT2D eigenvalue weighted by atomic mass is 10.1. The molecule has 2 aromatic heterocycles. The van der Waals surface area contributed by atoms with Gasteiger partial charge in [-0.1, -0.05) is 0 Å². The second-order valence-corrected chi connectivity index (χ2v) is 6.22. The highest BCUT2D eigenvalue weighted by Crippen LogP contribution is 2.33. The summed E-state index contributed by atoms with van der Waals surface area (Å²) in [4.78, 5) is 13.7. The average Bonchev–Trinajstić information content (AvgIpc) is 3.20. The fraction of sp³-hybridized carbons (Fsp3) is 0.500. The fourth-order valence-corrected chi connectivity index (χ4v) is 3.53. The minimum absolute atomic E-state index is 0.484. The Morgan fingerprint density at radius 1 is 0.727 bits per heavy atom. The maximum Gasteiger partial charge on any atom is 0.137 e. The summed E-state index contributed by atoms with van der Waals surface area (Å²) in [6, 6.07) is 4.21. The molecule has 0 bridgehead atoms. The molecular formula is C16H22N6. The Morgan fingerprint density at radius 2 is 1.14 bits per heavy atom. The van der Waals surface area contributed by atoms with Gasteiger partial charge in [0.15, 0.2) is 0 Å². The van der Waals surface area contributed by atoms with Gasteiger partial charge in [-0.2, -0.15) is 0 Å². The van der Waals surface area contributed by atoms with Gasteiger partial charge < -0.3 is 21.3 Å². The summed E-state index contributed by atoms with van der Waals surface area (Å²) >= 11 is 0. The highest BCUT2D eigenvalue weighted by molar-refractivity contribution is 6.01. The normalized spacial score (nSPS) is 18.5. The number of pyridine rings is 2. The van der Waals surface area contributed by atoms with Crippen LogP contribution in [0.25, 0.3) is 10.8 Å². The van der Waals surface area contributed by atoms with Gasteiger partial charge in [0.2, 0.25) is 0 Å². The number of hydrogen-bond donors (Lipinski definition) is 2. The largest absolute Gasteiger partial charge is 0.383 e. The molecule has 2 aliphatic rings. The van der Waals surface area contributed by atoms with Crippen molar-refractivity contribution in [3.8, 4) is 0 Å². The summed E-state index contributed by atoms with van der Waals surface area (Å²) < 4.78 is 0. The van der Waals surface area contributed by atoms with E-state index in [1.807, 2.05) is 0 Å². The third-order valence-electron chi connectivity index (χ3n) is 4.70. The predicted octanol–water partition coefficient (Wildman–Crippen LogP) is 1.99. The first-order chi connectivity index (χ1) is 10.7. The van der Waals surface area contributed by atoms with E-state index in [-0.39, 0.29) is 0 Å². The van der Waals surface area contributed by atoms with Crippen LogP contribution in [0, 0.1) is 0 Å². The maximum atomic E-state index is 6.16. The third kappa shape index (κ3) is 2.19. The number of nitrogens with two attached hydrogens (primary N) is 2. The molecule has 0 aliphatic carbocycles. The molecule has 6 nitrogen and oxygen atoms in total. The van der Waals surface area contributed by atoms with E-state index in [9.17, 15) is 0 Å². The van der Waals surface area contributed by atoms with Crippen molar-refractivity contribution < 1.29 is 0 Å². The zero-order valence-electron chi connectivity index (χ0n) is 12.8. The summed E-state index contributed by atoms with van der Waals surface area (Å²) in [5, 5.41) is 1.83. The predicted molar refractivity (Wildman–Crippen MR) is 91.3 cm³/mol. The molecule has 0 radical (unpaired) electrons. The molecule has 4 rings (SSSR count). The lowest BCUT2D eigenvalue weighted by Gasteiger charge is -2.20. The number of hydrogen-bond acceptors (Lipinski definition) is 6. The van der Waals surface area contributed by atoms with Gasteiger partial charge >= 0.3 is 0 Å². The van der Waals surface area contributed by atoms with Gasteiger partial charge in [0.05, 0.1) is 5.39 Å². The monoisotopic (exact) mass is 298 g/mol. The number of rotatable bonds is 2. The molecule has 2 fully saturated rings. The van der Waals surface area contributed by atoms with Crippen LogP contribution in [0.5, 0.6) is 0 Å². The standard InChI is InChI=1S/C16H22N6/c17-15-14-11(9-12(19-15)21-5-1-2-6-21)10-13(20-16(14)18)22-7-3-4-8-22/h9-10H,1-8H2,(H2,17,19)(H2,18,20). The molecule has 0 aromatic carbocycles. The van der Waals surface area contributed by atoms with Crippen molar-refractivity contribution in [2.45, 2.75) is 25.7 Å². The zero-order chi connectivity index (χ0) is 15.1. The van der Waals surface area contributed by atoms with Crippen molar-refractivity contribution in [2.24, 2.45) is 0 Å². The van der Waals surface area contributed by atoms with Crippen molar-refractivity contribution in [1.82, 2.24) is 9.97 Å². The molecule has 2 saturated heterocycles. The molecule has 2 aromatic rings. The van der Waals surface area contributed by atoms with Gasteiger partial charge in [-0.25, -0.2) is 9.97 Å². The van der Waals surface area contributed by atoms with E-state index in [2.05, 4.69) is 31.9 Å². The molecule has 0 unspecified atom stereocenters. The van der Waals surface area contributed by atoms with Gasteiger partial charge in [0.1, 0.15) is 23.3 Å².